The number of alkyl halides is 3. The predicted octanol–water partition coefficient (Wildman–Crippen LogP) is 2.07. The Kier molecular flexibility index (Phi) is 11.9. The summed E-state index contributed by atoms with van der Waals surface area (Å²) in [6.45, 7) is 5.56. The van der Waals surface area contributed by atoms with Crippen LogP contribution in [0.1, 0.15) is 49.7 Å². The molecule has 0 aliphatic rings. The highest BCUT2D eigenvalue weighted by atomic mass is 19.4. The minimum Gasteiger partial charge on any atom is -0.467 e. The number of methoxy groups -OCH3 is 1. The molecule has 0 aliphatic carbocycles. The van der Waals surface area contributed by atoms with E-state index in [-0.39, 0.29) is 30.0 Å². The van der Waals surface area contributed by atoms with E-state index >= 15 is 0 Å². The van der Waals surface area contributed by atoms with E-state index in [1.54, 1.807) is 45.0 Å². The number of H-pyrrole nitrogens is 1. The second kappa shape index (κ2) is 14.9. The Morgan fingerprint density at radius 3 is 2.30 bits per heavy atom. The van der Waals surface area contributed by atoms with Gasteiger partial charge in [-0.25, -0.2) is 14.8 Å². The number of aromatic nitrogens is 4. The van der Waals surface area contributed by atoms with Gasteiger partial charge in [0.2, 0.25) is 12.2 Å². The van der Waals surface area contributed by atoms with E-state index in [2.05, 4.69) is 25.3 Å². The van der Waals surface area contributed by atoms with Crippen LogP contribution in [-0.4, -0.2) is 76.0 Å². The highest BCUT2D eigenvalue weighted by Gasteiger charge is 2.26. The van der Waals surface area contributed by atoms with E-state index < -0.39 is 47.5 Å². The van der Waals surface area contributed by atoms with Crippen molar-refractivity contribution in [3.63, 3.8) is 0 Å². The molecule has 0 saturated carbocycles. The number of aromatic amines is 1. The normalized spacial score (nSPS) is 11.9. The molecule has 1 aromatic carbocycles. The minimum absolute atomic E-state index is 0.0336. The van der Waals surface area contributed by atoms with Crippen molar-refractivity contribution in [1.82, 2.24) is 25.3 Å². The number of nitrogens with one attached hydrogen (secondary N) is 2. The third-order valence-electron chi connectivity index (χ3n) is 5.44. The third-order valence-corrected chi connectivity index (χ3v) is 5.44. The minimum atomic E-state index is -4.64. The van der Waals surface area contributed by atoms with Gasteiger partial charge in [-0.15, -0.1) is 0 Å². The van der Waals surface area contributed by atoms with Crippen LogP contribution in [-0.2, 0) is 30.4 Å². The Bertz CT molecular complexity index is 1540. The van der Waals surface area contributed by atoms with Gasteiger partial charge in [0.25, 0.3) is 11.5 Å². The maximum Gasteiger partial charge on any atom is 0.446 e. The molecular formula is C27H32F3N7O7. The zero-order chi connectivity index (χ0) is 33.2. The number of nitrogen functional groups attached to an aromatic ring is 1. The average Bonchev–Trinajstić information content (AvgIpc) is 2.94. The van der Waals surface area contributed by atoms with Crippen LogP contribution in [0.25, 0.3) is 11.2 Å². The summed E-state index contributed by atoms with van der Waals surface area (Å²) < 4.78 is 41.3. The first kappa shape index (κ1) is 35.1. The number of esters is 2. The van der Waals surface area contributed by atoms with E-state index in [0.717, 1.165) is 5.69 Å². The van der Waals surface area contributed by atoms with Crippen LogP contribution in [0.5, 0.6) is 0 Å². The molecule has 238 valence electrons. The van der Waals surface area contributed by atoms with Crippen molar-refractivity contribution in [1.29, 1.82) is 0 Å². The van der Waals surface area contributed by atoms with Crippen molar-refractivity contribution in [2.45, 2.75) is 58.0 Å². The number of hydrogen-bond donors (Lipinski definition) is 3. The summed E-state index contributed by atoms with van der Waals surface area (Å²) in [7, 11) is 3.03. The second-order valence-corrected chi connectivity index (χ2v) is 10.2. The molecule has 2 aromatic heterocycles. The molecule has 1 amide bonds. The molecule has 0 fully saturated rings. The summed E-state index contributed by atoms with van der Waals surface area (Å²) in [4.78, 5) is 74.5. The summed E-state index contributed by atoms with van der Waals surface area (Å²) in [5.74, 6) is -1.67. The number of nitrogens with two attached hydrogens (primary N) is 1. The van der Waals surface area contributed by atoms with E-state index in [1.807, 2.05) is 11.9 Å². The Hall–Kier alpha value is -5.09. The maximum absolute atomic E-state index is 12.8. The molecule has 2 heterocycles. The second-order valence-electron chi connectivity index (χ2n) is 10.2. The van der Waals surface area contributed by atoms with Crippen LogP contribution in [0, 0.1) is 0 Å². The molecule has 4 N–H and O–H groups in total. The monoisotopic (exact) mass is 623 g/mol. The molecule has 1 unspecified atom stereocenters. The van der Waals surface area contributed by atoms with Crippen molar-refractivity contribution in [2.24, 2.45) is 0 Å². The standard InChI is InChI=1S/C25H31N7O6.C2HF3O/c1-25(2,3)38-18(33)11-10-17(23(36)37-5)29-21(34)14-6-8-16(9-7-14)32(4)13-15-12-27-20-19(28-15)22(35)31-24(26)30-20;3-2(4,5)1-6/h6-9,12,17H,10-11,13H2,1-5H3,(H,29,34)(H3,26,27,30,31,35);1H. The van der Waals surface area contributed by atoms with Crippen LogP contribution in [0.4, 0.5) is 24.8 Å². The van der Waals surface area contributed by atoms with Crippen LogP contribution >= 0.6 is 0 Å². The van der Waals surface area contributed by atoms with Crippen molar-refractivity contribution in [3.05, 3.63) is 52.1 Å². The van der Waals surface area contributed by atoms with Crippen molar-refractivity contribution in [2.75, 3.05) is 24.8 Å². The smallest absolute Gasteiger partial charge is 0.446 e. The van der Waals surface area contributed by atoms with Crippen molar-refractivity contribution < 1.29 is 41.8 Å². The van der Waals surface area contributed by atoms with Gasteiger partial charge in [0.1, 0.15) is 11.6 Å². The molecule has 0 spiro atoms. The van der Waals surface area contributed by atoms with Gasteiger partial charge >= 0.3 is 18.1 Å². The number of aldehydes is 1. The number of fused-ring (bicyclic) bond motifs is 1. The number of ether oxygens (including phenoxy) is 2. The number of hydrogen-bond acceptors (Lipinski definition) is 12. The molecule has 0 saturated heterocycles. The molecule has 44 heavy (non-hydrogen) atoms. The first-order chi connectivity index (χ1) is 20.4. The molecule has 0 aliphatic heterocycles. The summed E-state index contributed by atoms with van der Waals surface area (Å²) >= 11 is 0. The number of rotatable bonds is 9. The number of nitrogens with zero attached hydrogens (tertiary/aromatic N) is 4. The van der Waals surface area contributed by atoms with Gasteiger partial charge in [-0.05, 0) is 51.5 Å². The fourth-order valence-corrected chi connectivity index (χ4v) is 3.54. The lowest BCUT2D eigenvalue weighted by atomic mass is 10.1. The van der Waals surface area contributed by atoms with Gasteiger partial charge in [-0.3, -0.25) is 24.2 Å². The van der Waals surface area contributed by atoms with Gasteiger partial charge in [-0.2, -0.15) is 18.2 Å². The van der Waals surface area contributed by atoms with E-state index in [4.69, 9.17) is 20.0 Å². The Balaban J connectivity index is 0.00000102. The first-order valence-electron chi connectivity index (χ1n) is 12.9. The molecule has 1 atom stereocenters. The Labute approximate surface area is 249 Å². The number of anilines is 2. The van der Waals surface area contributed by atoms with E-state index in [9.17, 15) is 32.3 Å². The van der Waals surface area contributed by atoms with E-state index in [1.165, 1.54) is 13.3 Å². The third kappa shape index (κ3) is 11.3. The van der Waals surface area contributed by atoms with Crippen molar-refractivity contribution >= 4 is 46.9 Å². The van der Waals surface area contributed by atoms with E-state index in [0.29, 0.717) is 17.8 Å². The largest absolute Gasteiger partial charge is 0.467 e. The fourth-order valence-electron chi connectivity index (χ4n) is 3.54. The average molecular weight is 624 g/mol. The van der Waals surface area contributed by atoms with Crippen LogP contribution in [0.2, 0.25) is 0 Å². The summed E-state index contributed by atoms with van der Waals surface area (Å²) in [5, 5.41) is 2.62. The zero-order valence-electron chi connectivity index (χ0n) is 24.5. The molecule has 0 bridgehead atoms. The summed E-state index contributed by atoms with van der Waals surface area (Å²) in [5.41, 5.74) is 6.26. The number of benzene rings is 1. The molecule has 14 nitrogen and oxygen atoms in total. The Morgan fingerprint density at radius 2 is 1.75 bits per heavy atom. The van der Waals surface area contributed by atoms with Crippen LogP contribution < -0.4 is 21.5 Å². The summed E-state index contributed by atoms with van der Waals surface area (Å²) in [6.07, 6.45) is -4.22. The lowest BCUT2D eigenvalue weighted by molar-refractivity contribution is -0.156. The molecule has 3 rings (SSSR count). The van der Waals surface area contributed by atoms with Gasteiger partial charge in [0.05, 0.1) is 25.5 Å². The van der Waals surface area contributed by atoms with Gasteiger partial charge in [-0.1, -0.05) is 0 Å². The topological polar surface area (TPSA) is 200 Å². The molecular weight excluding hydrogens is 591 g/mol. The van der Waals surface area contributed by atoms with Gasteiger partial charge in [0, 0.05) is 24.7 Å². The Morgan fingerprint density at radius 1 is 1.14 bits per heavy atom. The number of carbonyl (C=O) groups excluding carboxylic acids is 4. The highest BCUT2D eigenvalue weighted by Crippen LogP contribution is 2.17. The zero-order valence-corrected chi connectivity index (χ0v) is 24.5. The van der Waals surface area contributed by atoms with Gasteiger partial charge < -0.3 is 25.4 Å². The highest BCUT2D eigenvalue weighted by molar-refractivity contribution is 5.97. The predicted molar refractivity (Wildman–Crippen MR) is 151 cm³/mol. The molecule has 0 radical (unpaired) electrons. The van der Waals surface area contributed by atoms with Gasteiger partial charge in [0.15, 0.2) is 11.2 Å². The van der Waals surface area contributed by atoms with Crippen LogP contribution in [0.3, 0.4) is 0 Å². The lowest BCUT2D eigenvalue weighted by Gasteiger charge is -2.21. The number of carbonyl (C=O) groups is 4. The first-order valence-corrected chi connectivity index (χ1v) is 12.9. The summed E-state index contributed by atoms with van der Waals surface area (Å²) in [6, 6.07) is 5.65. The fraction of sp³-hybridized carbons (Fsp3) is 0.407. The molecule has 3 aromatic rings. The lowest BCUT2D eigenvalue weighted by Crippen LogP contribution is -2.42. The maximum atomic E-state index is 12.8. The number of halogens is 3. The van der Waals surface area contributed by atoms with Crippen LogP contribution in [0.15, 0.2) is 35.3 Å². The van der Waals surface area contributed by atoms with Crippen molar-refractivity contribution in [3.8, 4) is 0 Å². The quantitative estimate of drug-likeness (QED) is 0.232. The molecule has 17 heteroatoms. The number of amides is 1. The SMILES string of the molecule is COC(=O)C(CCC(=O)OC(C)(C)C)NC(=O)c1ccc(N(C)Cc2cnc3nc(N)[nH]c(=O)c3n2)cc1.O=CC(F)(F)F.